The molecule has 2 aliphatic heterocycles. The molecule has 3 rings (SSSR count). The van der Waals surface area contributed by atoms with Crippen LogP contribution >= 0.6 is 11.3 Å². The fraction of sp³-hybridized carbons (Fsp3) is 0.733. The Kier molecular flexibility index (Phi) is 4.06. The van der Waals surface area contributed by atoms with Crippen LogP contribution in [-0.4, -0.2) is 46.5 Å². The van der Waals surface area contributed by atoms with Crippen molar-refractivity contribution in [3.63, 3.8) is 0 Å². The van der Waals surface area contributed by atoms with Crippen LogP contribution in [0, 0.1) is 18.3 Å². The van der Waals surface area contributed by atoms with Crippen molar-refractivity contribution < 1.29 is 0 Å². The van der Waals surface area contributed by atoms with Gasteiger partial charge in [-0.15, -0.1) is 11.3 Å². The molecule has 20 heavy (non-hydrogen) atoms. The summed E-state index contributed by atoms with van der Waals surface area (Å²) in [5.74, 6) is 0. The molecular weight excluding hydrogens is 268 g/mol. The van der Waals surface area contributed by atoms with E-state index < -0.39 is 0 Å². The molecule has 0 bridgehead atoms. The van der Waals surface area contributed by atoms with Gasteiger partial charge in [-0.1, -0.05) is 0 Å². The van der Waals surface area contributed by atoms with E-state index in [1.807, 2.05) is 0 Å². The molecule has 1 atom stereocenters. The second-order valence-corrected chi connectivity index (χ2v) is 7.14. The highest BCUT2D eigenvalue weighted by atomic mass is 32.1. The lowest BCUT2D eigenvalue weighted by Crippen LogP contribution is -2.55. The molecule has 1 spiro atoms. The molecule has 0 aromatic carbocycles. The van der Waals surface area contributed by atoms with Crippen molar-refractivity contribution in [1.29, 1.82) is 5.26 Å². The SMILES string of the molecule is Cc1nc(CN2CCCC3(CCCN3CC#N)C2)cs1. The summed E-state index contributed by atoms with van der Waals surface area (Å²) >= 11 is 1.73. The van der Waals surface area contributed by atoms with Gasteiger partial charge >= 0.3 is 0 Å². The van der Waals surface area contributed by atoms with Gasteiger partial charge in [0.05, 0.1) is 23.3 Å². The molecule has 0 aliphatic carbocycles. The van der Waals surface area contributed by atoms with Gasteiger partial charge in [0.25, 0.3) is 0 Å². The third kappa shape index (κ3) is 2.73. The van der Waals surface area contributed by atoms with Gasteiger partial charge in [0, 0.05) is 24.0 Å². The van der Waals surface area contributed by atoms with Gasteiger partial charge in [0.15, 0.2) is 0 Å². The zero-order valence-electron chi connectivity index (χ0n) is 12.1. The zero-order valence-corrected chi connectivity index (χ0v) is 13.0. The van der Waals surface area contributed by atoms with Gasteiger partial charge in [-0.25, -0.2) is 4.98 Å². The summed E-state index contributed by atoms with van der Waals surface area (Å²) in [5, 5.41) is 12.4. The van der Waals surface area contributed by atoms with E-state index in [1.54, 1.807) is 11.3 Å². The highest BCUT2D eigenvalue weighted by molar-refractivity contribution is 7.09. The van der Waals surface area contributed by atoms with Gasteiger partial charge in [-0.3, -0.25) is 9.80 Å². The van der Waals surface area contributed by atoms with E-state index in [1.165, 1.54) is 37.9 Å². The number of nitrogens with zero attached hydrogens (tertiary/aromatic N) is 4. The summed E-state index contributed by atoms with van der Waals surface area (Å²) in [5.41, 5.74) is 1.47. The molecule has 2 saturated heterocycles. The first-order valence-electron chi connectivity index (χ1n) is 7.47. The average molecular weight is 290 g/mol. The van der Waals surface area contributed by atoms with Crippen molar-refractivity contribution >= 4 is 11.3 Å². The Balaban J connectivity index is 1.68. The van der Waals surface area contributed by atoms with Gasteiger partial charge in [0.2, 0.25) is 0 Å². The van der Waals surface area contributed by atoms with E-state index in [0.717, 1.165) is 24.6 Å². The maximum atomic E-state index is 9.03. The first-order chi connectivity index (χ1) is 9.72. The number of hydrogen-bond acceptors (Lipinski definition) is 5. The highest BCUT2D eigenvalue weighted by Crippen LogP contribution is 2.37. The van der Waals surface area contributed by atoms with Gasteiger partial charge in [0.1, 0.15) is 0 Å². The second kappa shape index (κ2) is 5.80. The number of nitriles is 1. The molecule has 0 saturated carbocycles. The fourth-order valence-corrected chi connectivity index (χ4v) is 4.44. The van der Waals surface area contributed by atoms with E-state index in [-0.39, 0.29) is 5.54 Å². The average Bonchev–Trinajstić information content (AvgIpc) is 2.99. The third-order valence-electron chi connectivity index (χ3n) is 4.69. The summed E-state index contributed by atoms with van der Waals surface area (Å²) in [6.07, 6.45) is 4.99. The van der Waals surface area contributed by atoms with Crippen LogP contribution in [0.1, 0.15) is 36.4 Å². The predicted octanol–water partition coefficient (Wildman–Crippen LogP) is 2.41. The molecule has 3 heterocycles. The minimum atomic E-state index is 0.263. The van der Waals surface area contributed by atoms with E-state index in [9.17, 15) is 0 Å². The van der Waals surface area contributed by atoms with Gasteiger partial charge in [-0.2, -0.15) is 5.26 Å². The quantitative estimate of drug-likeness (QED) is 0.802. The molecule has 1 unspecified atom stereocenters. The first kappa shape index (κ1) is 14.0. The smallest absolute Gasteiger partial charge is 0.0897 e. The van der Waals surface area contributed by atoms with E-state index in [2.05, 4.69) is 33.2 Å². The van der Waals surface area contributed by atoms with Gasteiger partial charge in [-0.05, 0) is 45.7 Å². The summed E-state index contributed by atoms with van der Waals surface area (Å²) < 4.78 is 0. The maximum absolute atomic E-state index is 9.03. The van der Waals surface area contributed by atoms with Crippen LogP contribution in [-0.2, 0) is 6.54 Å². The molecule has 1 aromatic rings. The zero-order chi connectivity index (χ0) is 14.0. The van der Waals surface area contributed by atoms with E-state index in [4.69, 9.17) is 5.26 Å². The number of piperidine rings is 1. The summed E-state index contributed by atoms with van der Waals surface area (Å²) in [4.78, 5) is 9.54. The normalized spacial score (nSPS) is 28.0. The lowest BCUT2D eigenvalue weighted by atomic mass is 9.86. The maximum Gasteiger partial charge on any atom is 0.0897 e. The Morgan fingerprint density at radius 2 is 2.20 bits per heavy atom. The molecule has 2 aliphatic rings. The van der Waals surface area contributed by atoms with Crippen LogP contribution in [0.5, 0.6) is 0 Å². The Morgan fingerprint density at radius 3 is 2.90 bits per heavy atom. The largest absolute Gasteiger partial charge is 0.296 e. The first-order valence-corrected chi connectivity index (χ1v) is 8.35. The van der Waals surface area contributed by atoms with Crippen molar-refractivity contribution in [3.05, 3.63) is 16.1 Å². The fourth-order valence-electron chi connectivity index (χ4n) is 3.84. The lowest BCUT2D eigenvalue weighted by molar-refractivity contribution is 0.0453. The molecule has 5 heteroatoms. The second-order valence-electron chi connectivity index (χ2n) is 6.08. The van der Waals surface area contributed by atoms with Crippen LogP contribution < -0.4 is 0 Å². The molecule has 4 nitrogen and oxygen atoms in total. The van der Waals surface area contributed by atoms with E-state index >= 15 is 0 Å². The minimum Gasteiger partial charge on any atom is -0.296 e. The Hall–Kier alpha value is -0.960. The minimum absolute atomic E-state index is 0.263. The van der Waals surface area contributed by atoms with Crippen molar-refractivity contribution in [3.8, 4) is 6.07 Å². The Labute approximate surface area is 125 Å². The number of likely N-dealkylation sites (tertiary alicyclic amines) is 2. The van der Waals surface area contributed by atoms with Crippen LogP contribution in [0.25, 0.3) is 0 Å². The molecule has 1 aromatic heterocycles. The topological polar surface area (TPSA) is 43.2 Å². The predicted molar refractivity (Wildman–Crippen MR) is 80.5 cm³/mol. The highest BCUT2D eigenvalue weighted by Gasteiger charge is 2.43. The Bertz CT molecular complexity index is 506. The number of aromatic nitrogens is 1. The molecule has 108 valence electrons. The summed E-state index contributed by atoms with van der Waals surface area (Å²) in [7, 11) is 0. The van der Waals surface area contributed by atoms with Gasteiger partial charge < -0.3 is 0 Å². The Morgan fingerprint density at radius 1 is 1.40 bits per heavy atom. The van der Waals surface area contributed by atoms with Crippen molar-refractivity contribution in [2.45, 2.75) is 44.7 Å². The third-order valence-corrected chi connectivity index (χ3v) is 5.51. The van der Waals surface area contributed by atoms with E-state index in [0.29, 0.717) is 6.54 Å². The summed E-state index contributed by atoms with van der Waals surface area (Å²) in [6, 6.07) is 2.35. The molecular formula is C15H22N4S. The van der Waals surface area contributed by atoms with Crippen LogP contribution in [0.15, 0.2) is 5.38 Å². The van der Waals surface area contributed by atoms with Crippen molar-refractivity contribution in [2.75, 3.05) is 26.2 Å². The monoisotopic (exact) mass is 290 g/mol. The number of rotatable bonds is 3. The number of aryl methyl sites for hydroxylation is 1. The van der Waals surface area contributed by atoms with Crippen LogP contribution in [0.3, 0.4) is 0 Å². The molecule has 0 radical (unpaired) electrons. The molecule has 0 N–H and O–H groups in total. The van der Waals surface area contributed by atoms with Crippen LogP contribution in [0.2, 0.25) is 0 Å². The van der Waals surface area contributed by atoms with Crippen molar-refractivity contribution in [1.82, 2.24) is 14.8 Å². The molecule has 2 fully saturated rings. The molecule has 0 amide bonds. The van der Waals surface area contributed by atoms with Crippen molar-refractivity contribution in [2.24, 2.45) is 0 Å². The number of hydrogen-bond donors (Lipinski definition) is 0. The lowest BCUT2D eigenvalue weighted by Gasteiger charge is -2.45. The standard InChI is InChI=1S/C15H22N4S/c1-13-17-14(11-20-13)10-18-7-2-4-15(12-18)5-3-8-19(15)9-6-16/h11H,2-5,7-10,12H2,1H3. The van der Waals surface area contributed by atoms with Crippen LogP contribution in [0.4, 0.5) is 0 Å². The summed E-state index contributed by atoms with van der Waals surface area (Å²) in [6.45, 7) is 6.98. The number of thiazole rings is 1.